The van der Waals surface area contributed by atoms with Gasteiger partial charge < -0.3 is 15.2 Å². The Kier molecular flexibility index (Phi) is 4.76. The molecule has 1 saturated heterocycles. The highest BCUT2D eigenvalue weighted by Gasteiger charge is 2.36. The van der Waals surface area contributed by atoms with E-state index in [1.165, 1.54) is 30.3 Å². The molecule has 1 aromatic heterocycles. The number of aromatic carboxylic acids is 1. The Morgan fingerprint density at radius 2 is 1.80 bits per heavy atom. The molecule has 2 N–H and O–H groups in total. The molecule has 0 saturated carbocycles. The van der Waals surface area contributed by atoms with Crippen LogP contribution in [0.15, 0.2) is 42.5 Å². The fraction of sp³-hybridized carbons (Fsp3) is 0.278. The lowest BCUT2D eigenvalue weighted by atomic mass is 9.82. The summed E-state index contributed by atoms with van der Waals surface area (Å²) in [5.41, 5.74) is -0.335. The third-order valence-electron chi connectivity index (χ3n) is 4.28. The summed E-state index contributed by atoms with van der Waals surface area (Å²) in [6, 6.07) is 10.3. The molecule has 0 unspecified atom stereocenters. The number of nitrogens with zero attached hydrogens (tertiary/aromatic N) is 1. The van der Waals surface area contributed by atoms with E-state index in [0.29, 0.717) is 31.6 Å². The van der Waals surface area contributed by atoms with Crippen molar-refractivity contribution in [1.29, 1.82) is 0 Å². The van der Waals surface area contributed by atoms with Gasteiger partial charge in [-0.3, -0.25) is 4.79 Å². The monoisotopic (exact) mass is 344 g/mol. The topological polar surface area (TPSA) is 88.5 Å². The highest BCUT2D eigenvalue weighted by atomic mass is 19.1. The van der Waals surface area contributed by atoms with Crippen LogP contribution in [0, 0.1) is 5.82 Å². The van der Waals surface area contributed by atoms with Gasteiger partial charge in [0.25, 0.3) is 5.91 Å². The van der Waals surface area contributed by atoms with Crippen molar-refractivity contribution in [2.75, 3.05) is 13.2 Å². The second-order valence-electron chi connectivity index (χ2n) is 5.87. The molecule has 1 aliphatic rings. The van der Waals surface area contributed by atoms with Gasteiger partial charge in [0.05, 0.1) is 5.54 Å². The zero-order chi connectivity index (χ0) is 17.9. The molecule has 1 aromatic carbocycles. The number of halogens is 1. The van der Waals surface area contributed by atoms with E-state index >= 15 is 0 Å². The highest BCUT2D eigenvalue weighted by molar-refractivity contribution is 5.94. The van der Waals surface area contributed by atoms with Crippen molar-refractivity contribution in [3.63, 3.8) is 0 Å². The number of hydrogen-bond donors (Lipinski definition) is 2. The molecule has 7 heteroatoms. The zero-order valence-electron chi connectivity index (χ0n) is 13.4. The number of carboxylic acids is 1. The summed E-state index contributed by atoms with van der Waals surface area (Å²) >= 11 is 0. The number of hydrogen-bond acceptors (Lipinski definition) is 4. The molecule has 0 radical (unpaired) electrons. The Balaban J connectivity index is 1.92. The van der Waals surface area contributed by atoms with E-state index in [1.54, 1.807) is 12.1 Å². The number of ether oxygens (including phenoxy) is 1. The van der Waals surface area contributed by atoms with E-state index in [1.807, 2.05) is 0 Å². The van der Waals surface area contributed by atoms with Crippen LogP contribution in [0.5, 0.6) is 0 Å². The van der Waals surface area contributed by atoms with Gasteiger partial charge in [-0.05, 0) is 42.7 Å². The number of benzene rings is 1. The number of pyridine rings is 1. The second-order valence-corrected chi connectivity index (χ2v) is 5.87. The van der Waals surface area contributed by atoms with Crippen molar-refractivity contribution < 1.29 is 23.8 Å². The lowest BCUT2D eigenvalue weighted by Gasteiger charge is -2.38. The maximum Gasteiger partial charge on any atom is 0.354 e. The molecular formula is C18H17FN2O4. The van der Waals surface area contributed by atoms with E-state index in [9.17, 15) is 14.0 Å². The standard InChI is InChI=1S/C18H17FN2O4/c19-13-4-1-3-12(11-13)18(7-9-25-10-8-18)21-16(22)14-5-2-6-15(20-14)17(23)24/h1-6,11H,7-10H2,(H,21,22)(H,23,24). The lowest BCUT2D eigenvalue weighted by Crippen LogP contribution is -2.49. The Morgan fingerprint density at radius 1 is 1.12 bits per heavy atom. The van der Waals surface area contributed by atoms with Gasteiger partial charge in [-0.25, -0.2) is 14.2 Å². The van der Waals surface area contributed by atoms with Gasteiger partial charge in [-0.1, -0.05) is 18.2 Å². The minimum atomic E-state index is -1.21. The number of nitrogens with one attached hydrogen (secondary N) is 1. The van der Waals surface area contributed by atoms with E-state index in [2.05, 4.69) is 10.3 Å². The molecule has 1 fully saturated rings. The average molecular weight is 344 g/mol. The molecule has 2 heterocycles. The van der Waals surface area contributed by atoms with Gasteiger partial charge in [0.1, 0.15) is 17.2 Å². The van der Waals surface area contributed by atoms with Gasteiger partial charge in [-0.15, -0.1) is 0 Å². The maximum absolute atomic E-state index is 13.7. The van der Waals surface area contributed by atoms with Gasteiger partial charge in [0, 0.05) is 13.2 Å². The Bertz CT molecular complexity index is 803. The number of aromatic nitrogens is 1. The normalized spacial score (nSPS) is 16.2. The van der Waals surface area contributed by atoms with Crippen LogP contribution < -0.4 is 5.32 Å². The predicted octanol–water partition coefficient (Wildman–Crippen LogP) is 2.35. The van der Waals surface area contributed by atoms with Crippen molar-refractivity contribution >= 4 is 11.9 Å². The molecule has 3 rings (SSSR count). The molecule has 0 bridgehead atoms. The molecule has 1 amide bonds. The SMILES string of the molecule is O=C(O)c1cccc(C(=O)NC2(c3cccc(F)c3)CCOCC2)n1. The Labute approximate surface area is 143 Å². The van der Waals surface area contributed by atoms with E-state index in [-0.39, 0.29) is 17.2 Å². The molecule has 130 valence electrons. The molecule has 0 aliphatic carbocycles. The fourth-order valence-corrected chi connectivity index (χ4v) is 2.95. The van der Waals surface area contributed by atoms with Crippen molar-refractivity contribution in [3.05, 3.63) is 65.2 Å². The predicted molar refractivity (Wildman–Crippen MR) is 86.8 cm³/mol. The van der Waals surface area contributed by atoms with Crippen LogP contribution in [0.3, 0.4) is 0 Å². The van der Waals surface area contributed by atoms with Crippen LogP contribution in [0.1, 0.15) is 39.4 Å². The number of carboxylic acid groups (broad SMARTS) is 1. The summed E-state index contributed by atoms with van der Waals surface area (Å²) in [7, 11) is 0. The molecule has 0 atom stereocenters. The highest BCUT2D eigenvalue weighted by Crippen LogP contribution is 2.32. The zero-order valence-corrected chi connectivity index (χ0v) is 13.4. The quantitative estimate of drug-likeness (QED) is 0.889. The largest absolute Gasteiger partial charge is 0.477 e. The fourth-order valence-electron chi connectivity index (χ4n) is 2.95. The van der Waals surface area contributed by atoms with Crippen molar-refractivity contribution in [1.82, 2.24) is 10.3 Å². The first-order valence-electron chi connectivity index (χ1n) is 7.87. The van der Waals surface area contributed by atoms with Crippen molar-refractivity contribution in [2.24, 2.45) is 0 Å². The van der Waals surface area contributed by atoms with Crippen LogP contribution in [0.2, 0.25) is 0 Å². The summed E-state index contributed by atoms with van der Waals surface area (Å²) in [6.45, 7) is 0.860. The van der Waals surface area contributed by atoms with E-state index in [0.717, 1.165) is 0 Å². The molecule has 0 spiro atoms. The summed E-state index contributed by atoms with van der Waals surface area (Å²) in [5.74, 6) is -2.10. The van der Waals surface area contributed by atoms with Crippen molar-refractivity contribution in [3.8, 4) is 0 Å². The van der Waals surface area contributed by atoms with E-state index in [4.69, 9.17) is 9.84 Å². The molecule has 1 aliphatic heterocycles. The smallest absolute Gasteiger partial charge is 0.354 e. The first-order chi connectivity index (χ1) is 12.0. The number of carbonyl (C=O) groups excluding carboxylic acids is 1. The van der Waals surface area contributed by atoms with Crippen LogP contribution in [0.25, 0.3) is 0 Å². The van der Waals surface area contributed by atoms with Crippen LogP contribution in [-0.2, 0) is 10.3 Å². The molecular weight excluding hydrogens is 327 g/mol. The summed E-state index contributed by atoms with van der Waals surface area (Å²) in [5, 5.41) is 11.9. The maximum atomic E-state index is 13.7. The second kappa shape index (κ2) is 6.98. The number of carbonyl (C=O) groups is 2. The molecule has 25 heavy (non-hydrogen) atoms. The third kappa shape index (κ3) is 3.66. The Morgan fingerprint density at radius 3 is 2.48 bits per heavy atom. The van der Waals surface area contributed by atoms with Crippen molar-refractivity contribution in [2.45, 2.75) is 18.4 Å². The molecule has 2 aromatic rings. The van der Waals surface area contributed by atoms with Gasteiger partial charge >= 0.3 is 5.97 Å². The lowest BCUT2D eigenvalue weighted by molar-refractivity contribution is 0.0343. The van der Waals surface area contributed by atoms with Crippen LogP contribution in [0.4, 0.5) is 4.39 Å². The number of amides is 1. The molecule has 6 nitrogen and oxygen atoms in total. The van der Waals surface area contributed by atoms with Gasteiger partial charge in [0.2, 0.25) is 0 Å². The van der Waals surface area contributed by atoms with Gasteiger partial charge in [-0.2, -0.15) is 0 Å². The summed E-state index contributed by atoms with van der Waals surface area (Å²) < 4.78 is 19.0. The average Bonchev–Trinajstić information content (AvgIpc) is 2.62. The van der Waals surface area contributed by atoms with Gasteiger partial charge in [0.15, 0.2) is 0 Å². The minimum absolute atomic E-state index is 0.00201. The minimum Gasteiger partial charge on any atom is -0.477 e. The first kappa shape index (κ1) is 17.0. The van der Waals surface area contributed by atoms with E-state index < -0.39 is 17.4 Å². The summed E-state index contributed by atoms with van der Waals surface area (Å²) in [4.78, 5) is 27.5. The third-order valence-corrected chi connectivity index (χ3v) is 4.28. The number of rotatable bonds is 4. The first-order valence-corrected chi connectivity index (χ1v) is 7.87. The van der Waals surface area contributed by atoms with Crippen LogP contribution >= 0.6 is 0 Å². The summed E-state index contributed by atoms with van der Waals surface area (Å²) in [6.07, 6.45) is 0.974. The van der Waals surface area contributed by atoms with Crippen LogP contribution in [-0.4, -0.2) is 35.2 Å². The Hall–Kier alpha value is -2.80.